The fourth-order valence-corrected chi connectivity index (χ4v) is 4.05. The number of rotatable bonds is 4. The molecule has 1 aliphatic heterocycles. The summed E-state index contributed by atoms with van der Waals surface area (Å²) < 4.78 is 20.0. The summed E-state index contributed by atoms with van der Waals surface area (Å²) in [6.45, 7) is 9.66. The van der Waals surface area contributed by atoms with Crippen LogP contribution in [0, 0.1) is 5.82 Å². The standard InChI is InChI=1S/C22H27FN2O/c1-6-25-21-12-20(23)16(10-19(21)15(2)13-22(25,3)4)14-24-17-8-7-9-18(11-17)26-5/h7-12,14-15H,6,13H2,1-5H3. The summed E-state index contributed by atoms with van der Waals surface area (Å²) in [5, 5.41) is 0. The van der Waals surface area contributed by atoms with Crippen molar-refractivity contribution in [2.45, 2.75) is 45.6 Å². The Morgan fingerprint density at radius 1 is 1.31 bits per heavy atom. The predicted octanol–water partition coefficient (Wildman–Crippen LogP) is 5.70. The third-order valence-corrected chi connectivity index (χ3v) is 5.23. The lowest BCUT2D eigenvalue weighted by atomic mass is 9.79. The van der Waals surface area contributed by atoms with Crippen LogP contribution in [0.4, 0.5) is 15.8 Å². The van der Waals surface area contributed by atoms with Gasteiger partial charge >= 0.3 is 0 Å². The second-order valence-corrected chi connectivity index (χ2v) is 7.55. The maximum atomic E-state index is 14.8. The molecule has 0 bridgehead atoms. The number of hydrogen-bond acceptors (Lipinski definition) is 3. The number of fused-ring (bicyclic) bond motifs is 1. The van der Waals surface area contributed by atoms with Gasteiger partial charge in [0.15, 0.2) is 0 Å². The van der Waals surface area contributed by atoms with E-state index in [4.69, 9.17) is 4.74 Å². The van der Waals surface area contributed by atoms with Crippen molar-refractivity contribution in [3.63, 3.8) is 0 Å². The van der Waals surface area contributed by atoms with Crippen LogP contribution >= 0.6 is 0 Å². The number of aliphatic imine (C=N–C) groups is 1. The Morgan fingerprint density at radius 3 is 2.77 bits per heavy atom. The Bertz CT molecular complexity index is 829. The van der Waals surface area contributed by atoms with Crippen molar-refractivity contribution in [3.05, 3.63) is 53.3 Å². The average Bonchev–Trinajstić information content (AvgIpc) is 2.60. The number of benzene rings is 2. The molecular formula is C22H27FN2O. The molecule has 0 fully saturated rings. The molecule has 0 radical (unpaired) electrons. The molecule has 0 aliphatic carbocycles. The summed E-state index contributed by atoms with van der Waals surface area (Å²) in [7, 11) is 1.62. The monoisotopic (exact) mass is 354 g/mol. The lowest BCUT2D eigenvalue weighted by molar-refractivity contribution is 0.380. The zero-order valence-corrected chi connectivity index (χ0v) is 16.2. The van der Waals surface area contributed by atoms with Gasteiger partial charge in [-0.25, -0.2) is 4.39 Å². The first-order valence-electron chi connectivity index (χ1n) is 9.15. The molecule has 138 valence electrons. The van der Waals surface area contributed by atoms with Gasteiger partial charge in [0.2, 0.25) is 0 Å². The number of hydrogen-bond donors (Lipinski definition) is 0. The van der Waals surface area contributed by atoms with Crippen LogP contribution in [-0.2, 0) is 0 Å². The molecule has 0 saturated carbocycles. The SMILES string of the molecule is CCN1c2cc(F)c(C=Nc3cccc(OC)c3)cc2C(C)CC1(C)C. The van der Waals surface area contributed by atoms with Gasteiger partial charge < -0.3 is 9.64 Å². The van der Waals surface area contributed by atoms with Crippen molar-refractivity contribution in [1.82, 2.24) is 0 Å². The van der Waals surface area contributed by atoms with E-state index >= 15 is 0 Å². The molecule has 1 heterocycles. The molecule has 1 unspecified atom stereocenters. The molecule has 2 aromatic carbocycles. The van der Waals surface area contributed by atoms with E-state index in [1.54, 1.807) is 19.4 Å². The van der Waals surface area contributed by atoms with E-state index in [0.29, 0.717) is 11.5 Å². The van der Waals surface area contributed by atoms with E-state index < -0.39 is 0 Å². The van der Waals surface area contributed by atoms with Crippen LogP contribution in [0.15, 0.2) is 41.4 Å². The van der Waals surface area contributed by atoms with E-state index in [-0.39, 0.29) is 11.4 Å². The van der Waals surface area contributed by atoms with Gasteiger partial charge in [0.05, 0.1) is 12.8 Å². The Hall–Kier alpha value is -2.36. The van der Waals surface area contributed by atoms with Crippen LogP contribution in [-0.4, -0.2) is 25.4 Å². The summed E-state index contributed by atoms with van der Waals surface area (Å²) in [6, 6.07) is 11.1. The molecule has 26 heavy (non-hydrogen) atoms. The van der Waals surface area contributed by atoms with Gasteiger partial charge in [0.25, 0.3) is 0 Å². The minimum Gasteiger partial charge on any atom is -0.497 e. The van der Waals surface area contributed by atoms with Gasteiger partial charge in [-0.3, -0.25) is 4.99 Å². The van der Waals surface area contributed by atoms with Crippen molar-refractivity contribution in [1.29, 1.82) is 0 Å². The highest BCUT2D eigenvalue weighted by molar-refractivity contribution is 5.84. The lowest BCUT2D eigenvalue weighted by Gasteiger charge is -2.47. The highest BCUT2D eigenvalue weighted by Gasteiger charge is 2.36. The van der Waals surface area contributed by atoms with Gasteiger partial charge in [-0.05, 0) is 62.9 Å². The number of anilines is 1. The van der Waals surface area contributed by atoms with Crippen molar-refractivity contribution in [2.75, 3.05) is 18.6 Å². The normalized spacial score (nSPS) is 18.8. The topological polar surface area (TPSA) is 24.8 Å². The van der Waals surface area contributed by atoms with Gasteiger partial charge in [0, 0.05) is 35.6 Å². The summed E-state index contributed by atoms with van der Waals surface area (Å²) in [5.74, 6) is 0.881. The van der Waals surface area contributed by atoms with Crippen LogP contribution in [0.25, 0.3) is 0 Å². The number of ether oxygens (including phenoxy) is 1. The third-order valence-electron chi connectivity index (χ3n) is 5.23. The smallest absolute Gasteiger partial charge is 0.134 e. The number of nitrogens with zero attached hydrogens (tertiary/aromatic N) is 2. The molecule has 1 aliphatic rings. The molecule has 0 N–H and O–H groups in total. The fourth-order valence-electron chi connectivity index (χ4n) is 4.05. The molecule has 0 aromatic heterocycles. The second kappa shape index (κ2) is 7.10. The largest absolute Gasteiger partial charge is 0.497 e. The summed E-state index contributed by atoms with van der Waals surface area (Å²) in [5.41, 5.74) is 3.50. The first kappa shape index (κ1) is 18.4. The lowest BCUT2D eigenvalue weighted by Crippen LogP contribution is -2.48. The second-order valence-electron chi connectivity index (χ2n) is 7.55. The zero-order valence-electron chi connectivity index (χ0n) is 16.2. The quantitative estimate of drug-likeness (QED) is 0.658. The average molecular weight is 354 g/mol. The summed E-state index contributed by atoms with van der Waals surface area (Å²) >= 11 is 0. The minimum atomic E-state index is -0.237. The summed E-state index contributed by atoms with van der Waals surface area (Å²) in [4.78, 5) is 6.73. The highest BCUT2D eigenvalue weighted by atomic mass is 19.1. The number of methoxy groups -OCH3 is 1. The maximum absolute atomic E-state index is 14.8. The van der Waals surface area contributed by atoms with Crippen molar-refractivity contribution in [3.8, 4) is 5.75 Å². The maximum Gasteiger partial charge on any atom is 0.134 e. The van der Waals surface area contributed by atoms with Crippen molar-refractivity contribution < 1.29 is 9.13 Å². The zero-order chi connectivity index (χ0) is 18.9. The Labute approximate surface area is 155 Å². The van der Waals surface area contributed by atoms with Gasteiger partial charge in [-0.1, -0.05) is 13.0 Å². The minimum absolute atomic E-state index is 0.0316. The predicted molar refractivity (Wildman–Crippen MR) is 107 cm³/mol. The Balaban J connectivity index is 1.98. The first-order chi connectivity index (χ1) is 12.4. The van der Waals surface area contributed by atoms with Gasteiger partial charge in [-0.15, -0.1) is 0 Å². The molecule has 0 amide bonds. The Morgan fingerprint density at radius 2 is 2.08 bits per heavy atom. The highest BCUT2D eigenvalue weighted by Crippen LogP contribution is 2.43. The van der Waals surface area contributed by atoms with Crippen LogP contribution in [0.5, 0.6) is 5.75 Å². The molecule has 4 heteroatoms. The van der Waals surface area contributed by atoms with E-state index in [9.17, 15) is 4.39 Å². The molecule has 0 spiro atoms. The number of halogens is 1. The van der Waals surface area contributed by atoms with E-state index in [1.807, 2.05) is 30.3 Å². The molecule has 3 nitrogen and oxygen atoms in total. The molecular weight excluding hydrogens is 327 g/mol. The van der Waals surface area contributed by atoms with E-state index in [1.165, 1.54) is 5.56 Å². The summed E-state index contributed by atoms with van der Waals surface area (Å²) in [6.07, 6.45) is 2.65. The van der Waals surface area contributed by atoms with Crippen molar-refractivity contribution in [2.24, 2.45) is 4.99 Å². The van der Waals surface area contributed by atoms with Crippen LogP contribution < -0.4 is 9.64 Å². The van der Waals surface area contributed by atoms with Crippen LogP contribution in [0.1, 0.15) is 51.2 Å². The van der Waals surface area contributed by atoms with Gasteiger partial charge in [-0.2, -0.15) is 0 Å². The van der Waals surface area contributed by atoms with Crippen LogP contribution in [0.3, 0.4) is 0 Å². The first-order valence-corrected chi connectivity index (χ1v) is 9.15. The van der Waals surface area contributed by atoms with E-state index in [2.05, 4.69) is 37.6 Å². The Kier molecular flexibility index (Phi) is 5.03. The molecule has 2 aromatic rings. The van der Waals surface area contributed by atoms with E-state index in [0.717, 1.165) is 30.1 Å². The molecule has 1 atom stereocenters. The van der Waals surface area contributed by atoms with Crippen molar-refractivity contribution >= 4 is 17.6 Å². The molecule has 0 saturated heterocycles. The van der Waals surface area contributed by atoms with Crippen LogP contribution in [0.2, 0.25) is 0 Å². The third kappa shape index (κ3) is 3.46. The fraction of sp³-hybridized carbons (Fsp3) is 0.409. The molecule has 3 rings (SSSR count). The van der Waals surface area contributed by atoms with Gasteiger partial charge in [0.1, 0.15) is 11.6 Å².